The van der Waals surface area contributed by atoms with Gasteiger partial charge >= 0.3 is 0 Å². The van der Waals surface area contributed by atoms with Gasteiger partial charge in [-0.05, 0) is 81.3 Å². The fourth-order valence-corrected chi connectivity index (χ4v) is 3.97. The van der Waals surface area contributed by atoms with E-state index in [0.29, 0.717) is 11.7 Å². The minimum absolute atomic E-state index is 0.0281. The van der Waals surface area contributed by atoms with Crippen molar-refractivity contribution in [1.82, 2.24) is 9.80 Å². The Labute approximate surface area is 156 Å². The maximum Gasteiger partial charge on any atom is 0.260 e. The van der Waals surface area contributed by atoms with Crippen molar-refractivity contribution in [2.45, 2.75) is 39.0 Å². The standard InChI is InChI=1S/C21H31FN2O2/c1-17-8-12-23(13-9-17)15-18-3-2-11-24(14-10-18)21(25)16-26-20-6-4-19(22)5-7-20/h4-7,17-18H,2-3,8-16H2,1H3/t18-/m0/s1. The first kappa shape index (κ1) is 19.2. The van der Waals surface area contributed by atoms with Gasteiger partial charge in [0.1, 0.15) is 11.6 Å². The zero-order chi connectivity index (χ0) is 18.4. The third kappa shape index (κ3) is 5.70. The molecule has 0 saturated carbocycles. The number of amides is 1. The molecule has 0 unspecified atom stereocenters. The van der Waals surface area contributed by atoms with E-state index in [1.54, 1.807) is 12.1 Å². The second kappa shape index (κ2) is 9.36. The van der Waals surface area contributed by atoms with E-state index in [2.05, 4.69) is 11.8 Å². The third-order valence-electron chi connectivity index (χ3n) is 5.77. The smallest absolute Gasteiger partial charge is 0.260 e. The zero-order valence-electron chi connectivity index (χ0n) is 15.8. The minimum Gasteiger partial charge on any atom is -0.484 e. The summed E-state index contributed by atoms with van der Waals surface area (Å²) in [5.74, 6) is 1.83. The normalized spacial score (nSPS) is 22.8. The van der Waals surface area contributed by atoms with E-state index in [9.17, 15) is 9.18 Å². The molecule has 5 heteroatoms. The molecule has 1 atom stereocenters. The van der Waals surface area contributed by atoms with E-state index in [0.717, 1.165) is 31.8 Å². The molecule has 0 aromatic heterocycles. The lowest BCUT2D eigenvalue weighted by Gasteiger charge is -2.32. The number of likely N-dealkylation sites (tertiary alicyclic amines) is 2. The summed E-state index contributed by atoms with van der Waals surface area (Å²) < 4.78 is 18.4. The van der Waals surface area contributed by atoms with E-state index in [4.69, 9.17) is 4.74 Å². The molecule has 1 aromatic carbocycles. The molecule has 2 fully saturated rings. The molecule has 0 bridgehead atoms. The highest BCUT2D eigenvalue weighted by Crippen LogP contribution is 2.22. The first-order chi connectivity index (χ1) is 12.6. The van der Waals surface area contributed by atoms with Crippen molar-refractivity contribution in [2.24, 2.45) is 11.8 Å². The molecule has 144 valence electrons. The number of rotatable bonds is 5. The van der Waals surface area contributed by atoms with E-state index >= 15 is 0 Å². The molecule has 0 spiro atoms. The van der Waals surface area contributed by atoms with Gasteiger partial charge in [0.2, 0.25) is 0 Å². The second-order valence-electron chi connectivity index (χ2n) is 7.90. The van der Waals surface area contributed by atoms with Gasteiger partial charge in [0.25, 0.3) is 5.91 Å². The Morgan fingerprint density at radius 3 is 2.54 bits per heavy atom. The molecule has 2 aliphatic heterocycles. The average Bonchev–Trinajstić information content (AvgIpc) is 2.88. The van der Waals surface area contributed by atoms with Crippen molar-refractivity contribution in [3.05, 3.63) is 30.1 Å². The molecule has 0 radical (unpaired) electrons. The van der Waals surface area contributed by atoms with Gasteiger partial charge in [-0.2, -0.15) is 0 Å². The molecular formula is C21H31FN2O2. The first-order valence-corrected chi connectivity index (χ1v) is 9.98. The lowest BCUT2D eigenvalue weighted by atomic mass is 9.95. The number of hydrogen-bond donors (Lipinski definition) is 0. The number of hydrogen-bond acceptors (Lipinski definition) is 3. The molecule has 0 N–H and O–H groups in total. The number of carbonyl (C=O) groups is 1. The molecule has 26 heavy (non-hydrogen) atoms. The Hall–Kier alpha value is -1.62. The summed E-state index contributed by atoms with van der Waals surface area (Å²) in [6, 6.07) is 5.80. The Balaban J connectivity index is 1.41. The van der Waals surface area contributed by atoms with E-state index in [-0.39, 0.29) is 18.3 Å². The molecule has 2 aliphatic rings. The maximum absolute atomic E-state index is 12.9. The molecule has 2 saturated heterocycles. The van der Waals surface area contributed by atoms with Crippen LogP contribution >= 0.6 is 0 Å². The molecule has 1 amide bonds. The zero-order valence-corrected chi connectivity index (χ0v) is 15.8. The van der Waals surface area contributed by atoms with E-state index < -0.39 is 0 Å². The van der Waals surface area contributed by atoms with Crippen LogP contribution in [0.25, 0.3) is 0 Å². The van der Waals surface area contributed by atoms with Crippen molar-refractivity contribution in [3.8, 4) is 5.75 Å². The summed E-state index contributed by atoms with van der Waals surface area (Å²) >= 11 is 0. The van der Waals surface area contributed by atoms with Crippen LogP contribution in [-0.4, -0.2) is 55.0 Å². The van der Waals surface area contributed by atoms with Crippen molar-refractivity contribution in [3.63, 3.8) is 0 Å². The topological polar surface area (TPSA) is 32.8 Å². The fraction of sp³-hybridized carbons (Fsp3) is 0.667. The number of nitrogens with zero attached hydrogens (tertiary/aromatic N) is 2. The van der Waals surface area contributed by atoms with Gasteiger partial charge in [-0.3, -0.25) is 4.79 Å². The summed E-state index contributed by atoms with van der Waals surface area (Å²) in [6.07, 6.45) is 5.98. The number of piperidine rings is 1. The largest absolute Gasteiger partial charge is 0.484 e. The predicted octanol–water partition coefficient (Wildman–Crippen LogP) is 3.57. The number of benzene rings is 1. The van der Waals surface area contributed by atoms with Gasteiger partial charge < -0.3 is 14.5 Å². The lowest BCUT2D eigenvalue weighted by Crippen LogP contribution is -2.37. The van der Waals surface area contributed by atoms with Crippen LogP contribution in [-0.2, 0) is 4.79 Å². The minimum atomic E-state index is -0.301. The SMILES string of the molecule is CC1CCN(C[C@H]2CCCN(C(=O)COc3ccc(F)cc3)CC2)CC1. The van der Waals surface area contributed by atoms with Crippen LogP contribution in [0.5, 0.6) is 5.75 Å². The van der Waals surface area contributed by atoms with Gasteiger partial charge in [-0.25, -0.2) is 4.39 Å². The van der Waals surface area contributed by atoms with Gasteiger partial charge in [-0.1, -0.05) is 6.92 Å². The molecule has 0 aliphatic carbocycles. The highest BCUT2D eigenvalue weighted by Gasteiger charge is 2.24. The number of ether oxygens (including phenoxy) is 1. The maximum atomic E-state index is 12.9. The van der Waals surface area contributed by atoms with E-state index in [1.807, 2.05) is 4.90 Å². The molecule has 4 nitrogen and oxygen atoms in total. The molecule has 3 rings (SSSR count). The Morgan fingerprint density at radius 1 is 1.08 bits per heavy atom. The van der Waals surface area contributed by atoms with Crippen molar-refractivity contribution in [2.75, 3.05) is 39.3 Å². The number of carbonyl (C=O) groups excluding carboxylic acids is 1. The van der Waals surface area contributed by atoms with Crippen LogP contribution in [0, 0.1) is 17.7 Å². The Morgan fingerprint density at radius 2 is 1.81 bits per heavy atom. The predicted molar refractivity (Wildman–Crippen MR) is 101 cm³/mol. The van der Waals surface area contributed by atoms with Gasteiger partial charge in [0, 0.05) is 19.6 Å². The van der Waals surface area contributed by atoms with Crippen LogP contribution in [0.3, 0.4) is 0 Å². The van der Waals surface area contributed by atoms with Crippen molar-refractivity contribution >= 4 is 5.91 Å². The summed E-state index contributed by atoms with van der Waals surface area (Å²) in [4.78, 5) is 17.0. The van der Waals surface area contributed by atoms with Crippen LogP contribution < -0.4 is 4.74 Å². The van der Waals surface area contributed by atoms with Crippen LogP contribution in [0.2, 0.25) is 0 Å². The van der Waals surface area contributed by atoms with Gasteiger partial charge in [-0.15, -0.1) is 0 Å². The van der Waals surface area contributed by atoms with Crippen molar-refractivity contribution < 1.29 is 13.9 Å². The van der Waals surface area contributed by atoms with Crippen LogP contribution in [0.15, 0.2) is 24.3 Å². The molecule has 1 aromatic rings. The monoisotopic (exact) mass is 362 g/mol. The second-order valence-corrected chi connectivity index (χ2v) is 7.90. The average molecular weight is 362 g/mol. The van der Waals surface area contributed by atoms with Crippen LogP contribution in [0.4, 0.5) is 4.39 Å². The highest BCUT2D eigenvalue weighted by molar-refractivity contribution is 5.77. The Kier molecular flexibility index (Phi) is 6.89. The fourth-order valence-electron chi connectivity index (χ4n) is 3.97. The summed E-state index contributed by atoms with van der Waals surface area (Å²) in [5, 5.41) is 0. The summed E-state index contributed by atoms with van der Waals surface area (Å²) in [7, 11) is 0. The van der Waals surface area contributed by atoms with E-state index in [1.165, 1.54) is 51.0 Å². The summed E-state index contributed by atoms with van der Waals surface area (Å²) in [6.45, 7) is 7.65. The number of halogens is 1. The highest BCUT2D eigenvalue weighted by atomic mass is 19.1. The lowest BCUT2D eigenvalue weighted by molar-refractivity contribution is -0.133. The quantitative estimate of drug-likeness (QED) is 0.803. The van der Waals surface area contributed by atoms with Gasteiger partial charge in [0.05, 0.1) is 0 Å². The molecular weight excluding hydrogens is 331 g/mol. The summed E-state index contributed by atoms with van der Waals surface area (Å²) in [5.41, 5.74) is 0. The molecule has 2 heterocycles. The third-order valence-corrected chi connectivity index (χ3v) is 5.77. The Bertz CT molecular complexity index is 570. The first-order valence-electron chi connectivity index (χ1n) is 9.98. The van der Waals surface area contributed by atoms with Crippen LogP contribution in [0.1, 0.15) is 39.0 Å². The van der Waals surface area contributed by atoms with Crippen molar-refractivity contribution in [1.29, 1.82) is 0 Å². The van der Waals surface area contributed by atoms with Gasteiger partial charge in [0.15, 0.2) is 6.61 Å².